The van der Waals surface area contributed by atoms with Gasteiger partial charge in [0.05, 0.1) is 5.92 Å². The van der Waals surface area contributed by atoms with Crippen molar-refractivity contribution in [2.24, 2.45) is 16.8 Å². The molecule has 2 amide bonds. The highest BCUT2D eigenvalue weighted by atomic mass is 16.2. The van der Waals surface area contributed by atoms with Crippen LogP contribution in [-0.2, 0) is 9.59 Å². The first-order valence-corrected chi connectivity index (χ1v) is 4.71. The fourth-order valence-electron chi connectivity index (χ4n) is 2.09. The van der Waals surface area contributed by atoms with Crippen molar-refractivity contribution in [3.05, 3.63) is 0 Å². The molecule has 0 spiro atoms. The molecule has 2 heterocycles. The van der Waals surface area contributed by atoms with Crippen LogP contribution in [0.4, 0.5) is 0 Å². The van der Waals surface area contributed by atoms with Crippen molar-refractivity contribution in [2.45, 2.75) is 6.92 Å². The summed E-state index contributed by atoms with van der Waals surface area (Å²) in [7, 11) is 1.61. The minimum absolute atomic E-state index is 0.0123. The quantitative estimate of drug-likeness (QED) is 0.597. The third-order valence-electron chi connectivity index (χ3n) is 2.80. The summed E-state index contributed by atoms with van der Waals surface area (Å²) in [6.07, 6.45) is 0. The van der Waals surface area contributed by atoms with Gasteiger partial charge in [-0.1, -0.05) is 6.92 Å². The molecule has 0 radical (unpaired) electrons. The zero-order chi connectivity index (χ0) is 10.3. The highest BCUT2D eigenvalue weighted by Gasteiger charge is 2.45. The van der Waals surface area contributed by atoms with E-state index >= 15 is 0 Å². The molecule has 0 aromatic heterocycles. The molecule has 0 aliphatic carbocycles. The Balaban J connectivity index is 2.26. The largest absolute Gasteiger partial charge is 0.359 e. The Morgan fingerprint density at radius 3 is 3.00 bits per heavy atom. The molecule has 2 aliphatic rings. The summed E-state index contributed by atoms with van der Waals surface area (Å²) in [4.78, 5) is 28.6. The summed E-state index contributed by atoms with van der Waals surface area (Å²) in [6, 6.07) is 0. The Hall–Kier alpha value is -1.39. The van der Waals surface area contributed by atoms with E-state index in [4.69, 9.17) is 0 Å². The predicted molar refractivity (Wildman–Crippen MR) is 50.7 cm³/mol. The van der Waals surface area contributed by atoms with E-state index in [1.807, 2.05) is 6.92 Å². The van der Waals surface area contributed by atoms with Crippen LogP contribution in [0.3, 0.4) is 0 Å². The molecule has 2 atom stereocenters. The van der Waals surface area contributed by atoms with Crippen molar-refractivity contribution in [3.8, 4) is 0 Å². The van der Waals surface area contributed by atoms with Gasteiger partial charge in [0.1, 0.15) is 12.4 Å². The lowest BCUT2D eigenvalue weighted by atomic mass is 9.96. The molecule has 2 aliphatic heterocycles. The zero-order valence-corrected chi connectivity index (χ0v) is 8.28. The van der Waals surface area contributed by atoms with Crippen molar-refractivity contribution in [3.63, 3.8) is 0 Å². The SMILES string of the molecule is CNC(=O)C1C2=NCC(=O)N2CC1C. The fourth-order valence-corrected chi connectivity index (χ4v) is 2.09. The van der Waals surface area contributed by atoms with Crippen molar-refractivity contribution in [2.75, 3.05) is 20.1 Å². The van der Waals surface area contributed by atoms with Crippen molar-refractivity contribution in [1.82, 2.24) is 10.2 Å². The Kier molecular flexibility index (Phi) is 2.02. The second-order valence-electron chi connectivity index (χ2n) is 3.75. The van der Waals surface area contributed by atoms with Gasteiger partial charge in [0, 0.05) is 13.6 Å². The number of fused-ring (bicyclic) bond motifs is 1. The second-order valence-corrected chi connectivity index (χ2v) is 3.75. The van der Waals surface area contributed by atoms with Crippen LogP contribution in [0.2, 0.25) is 0 Å². The minimum Gasteiger partial charge on any atom is -0.359 e. The number of nitrogens with zero attached hydrogens (tertiary/aromatic N) is 2. The molecule has 0 aromatic rings. The summed E-state index contributed by atoms with van der Waals surface area (Å²) in [5, 5.41) is 2.61. The Bertz CT molecular complexity index is 324. The topological polar surface area (TPSA) is 61.8 Å². The number of carbonyl (C=O) groups is 2. The molecule has 1 saturated heterocycles. The van der Waals surface area contributed by atoms with Crippen LogP contribution in [0.5, 0.6) is 0 Å². The lowest BCUT2D eigenvalue weighted by molar-refractivity contribution is -0.125. The lowest BCUT2D eigenvalue weighted by Gasteiger charge is -2.11. The molecule has 2 rings (SSSR count). The van der Waals surface area contributed by atoms with E-state index in [2.05, 4.69) is 10.3 Å². The van der Waals surface area contributed by atoms with E-state index in [-0.39, 0.29) is 30.2 Å². The summed E-state index contributed by atoms with van der Waals surface area (Å²) >= 11 is 0. The second kappa shape index (κ2) is 3.08. The van der Waals surface area contributed by atoms with Crippen molar-refractivity contribution >= 4 is 17.6 Å². The van der Waals surface area contributed by atoms with Gasteiger partial charge < -0.3 is 5.32 Å². The number of aliphatic imine (C=N–C) groups is 1. The molecule has 0 saturated carbocycles. The molecule has 14 heavy (non-hydrogen) atoms. The maximum Gasteiger partial charge on any atom is 0.249 e. The van der Waals surface area contributed by atoms with Gasteiger partial charge in [-0.2, -0.15) is 0 Å². The van der Waals surface area contributed by atoms with E-state index in [0.717, 1.165) is 0 Å². The summed E-state index contributed by atoms with van der Waals surface area (Å²) in [6.45, 7) is 2.79. The highest BCUT2D eigenvalue weighted by molar-refractivity contribution is 6.14. The van der Waals surface area contributed by atoms with Crippen LogP contribution >= 0.6 is 0 Å². The molecular weight excluding hydrogens is 182 g/mol. The maximum atomic E-state index is 11.5. The number of amidine groups is 1. The molecule has 1 fully saturated rings. The van der Waals surface area contributed by atoms with Gasteiger partial charge in [-0.25, -0.2) is 0 Å². The molecule has 76 valence electrons. The molecular formula is C9H13N3O2. The maximum absolute atomic E-state index is 11.5. The van der Waals surface area contributed by atoms with Gasteiger partial charge in [0.15, 0.2) is 0 Å². The molecule has 5 heteroatoms. The van der Waals surface area contributed by atoms with Crippen molar-refractivity contribution < 1.29 is 9.59 Å². The molecule has 0 bridgehead atoms. The highest BCUT2D eigenvalue weighted by Crippen LogP contribution is 2.28. The van der Waals surface area contributed by atoms with Gasteiger partial charge in [-0.15, -0.1) is 0 Å². The van der Waals surface area contributed by atoms with Gasteiger partial charge in [0.25, 0.3) is 0 Å². The fraction of sp³-hybridized carbons (Fsp3) is 0.667. The third-order valence-corrected chi connectivity index (χ3v) is 2.80. The van der Waals surface area contributed by atoms with E-state index in [0.29, 0.717) is 12.4 Å². The Labute approximate surface area is 82.2 Å². The first kappa shape index (κ1) is 9.18. The van der Waals surface area contributed by atoms with Gasteiger partial charge >= 0.3 is 0 Å². The Morgan fingerprint density at radius 1 is 1.64 bits per heavy atom. The smallest absolute Gasteiger partial charge is 0.249 e. The minimum atomic E-state index is -0.244. The average Bonchev–Trinajstić information content (AvgIpc) is 2.65. The van der Waals surface area contributed by atoms with E-state index in [1.165, 1.54) is 0 Å². The van der Waals surface area contributed by atoms with Gasteiger partial charge in [-0.3, -0.25) is 19.5 Å². The average molecular weight is 195 g/mol. The van der Waals surface area contributed by atoms with Crippen LogP contribution in [0, 0.1) is 11.8 Å². The normalized spacial score (nSPS) is 30.3. The number of hydrogen-bond donors (Lipinski definition) is 1. The van der Waals surface area contributed by atoms with Gasteiger partial charge in [-0.05, 0) is 5.92 Å². The predicted octanol–water partition coefficient (Wildman–Crippen LogP) is -0.761. The molecule has 2 unspecified atom stereocenters. The summed E-state index contributed by atoms with van der Waals surface area (Å²) in [5.74, 6) is 0.540. The third kappa shape index (κ3) is 1.12. The number of rotatable bonds is 1. The number of nitrogens with one attached hydrogen (secondary N) is 1. The van der Waals surface area contributed by atoms with Crippen LogP contribution in [0.25, 0.3) is 0 Å². The van der Waals surface area contributed by atoms with Crippen LogP contribution < -0.4 is 5.32 Å². The molecule has 0 aromatic carbocycles. The monoisotopic (exact) mass is 195 g/mol. The van der Waals surface area contributed by atoms with Crippen LogP contribution in [-0.4, -0.2) is 42.7 Å². The van der Waals surface area contributed by atoms with E-state index in [9.17, 15) is 9.59 Å². The summed E-state index contributed by atoms with van der Waals surface area (Å²) < 4.78 is 0. The van der Waals surface area contributed by atoms with E-state index < -0.39 is 0 Å². The Morgan fingerprint density at radius 2 is 2.36 bits per heavy atom. The molecule has 5 nitrogen and oxygen atoms in total. The molecule has 1 N–H and O–H groups in total. The van der Waals surface area contributed by atoms with E-state index in [1.54, 1.807) is 11.9 Å². The zero-order valence-electron chi connectivity index (χ0n) is 8.28. The van der Waals surface area contributed by atoms with Gasteiger partial charge in [0.2, 0.25) is 11.8 Å². The van der Waals surface area contributed by atoms with Crippen LogP contribution in [0.15, 0.2) is 4.99 Å². The number of carbonyl (C=O) groups excluding carboxylic acids is 2. The van der Waals surface area contributed by atoms with Crippen LogP contribution in [0.1, 0.15) is 6.92 Å². The lowest BCUT2D eigenvalue weighted by Crippen LogP contribution is -2.35. The standard InChI is InChI=1S/C9H13N3O2/c1-5-4-12-6(13)3-11-8(12)7(5)9(14)10-2/h5,7H,3-4H2,1-2H3,(H,10,14). The van der Waals surface area contributed by atoms with Crippen molar-refractivity contribution in [1.29, 1.82) is 0 Å². The first-order chi connectivity index (χ1) is 6.65. The number of amides is 2. The number of hydrogen-bond acceptors (Lipinski definition) is 3. The first-order valence-electron chi connectivity index (χ1n) is 4.71. The summed E-state index contributed by atoms with van der Waals surface area (Å²) in [5.41, 5.74) is 0.